The van der Waals surface area contributed by atoms with Gasteiger partial charge in [-0.3, -0.25) is 4.79 Å². The predicted molar refractivity (Wildman–Crippen MR) is 104 cm³/mol. The predicted octanol–water partition coefficient (Wildman–Crippen LogP) is 4.67. The molecular formula is C23H15FO5. The first-order valence-electron chi connectivity index (χ1n) is 8.78. The molecule has 0 atom stereocenters. The summed E-state index contributed by atoms with van der Waals surface area (Å²) in [6.45, 7) is 0.194. The third-order valence-electron chi connectivity index (χ3n) is 4.25. The molecule has 5 nitrogen and oxygen atoms in total. The fourth-order valence-electron chi connectivity index (χ4n) is 2.72. The van der Waals surface area contributed by atoms with E-state index in [4.69, 9.17) is 14.2 Å². The Hall–Kier alpha value is -3.93. The summed E-state index contributed by atoms with van der Waals surface area (Å²) >= 11 is 0. The van der Waals surface area contributed by atoms with Crippen LogP contribution in [0.5, 0.6) is 17.2 Å². The Morgan fingerprint density at radius 2 is 1.55 bits per heavy atom. The molecule has 0 spiro atoms. The molecule has 3 aromatic rings. The minimum atomic E-state index is -0.605. The fraction of sp³-hybridized carbons (Fsp3) is 0.0435. The molecule has 0 bridgehead atoms. The van der Waals surface area contributed by atoms with E-state index in [-0.39, 0.29) is 23.9 Å². The Kier molecular flexibility index (Phi) is 5.07. The highest BCUT2D eigenvalue weighted by molar-refractivity contribution is 6.07. The summed E-state index contributed by atoms with van der Waals surface area (Å²) in [6, 6.07) is 16.7. The van der Waals surface area contributed by atoms with Crippen LogP contribution in [0, 0.1) is 5.82 Å². The molecule has 0 saturated carbocycles. The van der Waals surface area contributed by atoms with E-state index >= 15 is 0 Å². The van der Waals surface area contributed by atoms with E-state index in [0.29, 0.717) is 17.1 Å². The Morgan fingerprint density at radius 3 is 2.31 bits per heavy atom. The molecule has 0 fully saturated rings. The third-order valence-corrected chi connectivity index (χ3v) is 4.25. The van der Waals surface area contributed by atoms with Gasteiger partial charge in [-0.1, -0.05) is 12.1 Å². The van der Waals surface area contributed by atoms with Gasteiger partial charge >= 0.3 is 5.97 Å². The van der Waals surface area contributed by atoms with E-state index in [2.05, 4.69) is 0 Å². The largest absolute Gasteiger partial charge is 0.454 e. The smallest absolute Gasteiger partial charge is 0.343 e. The van der Waals surface area contributed by atoms with Crippen molar-refractivity contribution in [3.63, 3.8) is 0 Å². The summed E-state index contributed by atoms with van der Waals surface area (Å²) in [4.78, 5) is 24.4. The minimum absolute atomic E-state index is 0.194. The number of halogens is 1. The zero-order valence-corrected chi connectivity index (χ0v) is 15.1. The zero-order valence-electron chi connectivity index (χ0n) is 15.1. The number of carbonyl (C=O) groups excluding carboxylic acids is 2. The number of carbonyl (C=O) groups is 2. The van der Waals surface area contributed by atoms with Crippen molar-refractivity contribution in [1.29, 1.82) is 0 Å². The van der Waals surface area contributed by atoms with Gasteiger partial charge in [-0.25, -0.2) is 9.18 Å². The van der Waals surface area contributed by atoms with Crippen LogP contribution in [0.25, 0.3) is 6.08 Å². The van der Waals surface area contributed by atoms with Gasteiger partial charge in [0.1, 0.15) is 11.6 Å². The van der Waals surface area contributed by atoms with Crippen molar-refractivity contribution in [2.75, 3.05) is 6.79 Å². The second-order valence-corrected chi connectivity index (χ2v) is 6.23. The number of hydrogen-bond acceptors (Lipinski definition) is 5. The van der Waals surface area contributed by atoms with Crippen LogP contribution in [0.3, 0.4) is 0 Å². The van der Waals surface area contributed by atoms with Crippen molar-refractivity contribution < 1.29 is 28.2 Å². The second-order valence-electron chi connectivity index (χ2n) is 6.23. The van der Waals surface area contributed by atoms with Gasteiger partial charge in [-0.2, -0.15) is 0 Å². The minimum Gasteiger partial charge on any atom is -0.454 e. The number of ether oxygens (including phenoxy) is 3. The molecular weight excluding hydrogens is 375 g/mol. The monoisotopic (exact) mass is 390 g/mol. The van der Waals surface area contributed by atoms with Crippen molar-refractivity contribution in [1.82, 2.24) is 0 Å². The Morgan fingerprint density at radius 1 is 0.862 bits per heavy atom. The SMILES string of the molecule is O=C(/C=C\c1ccc2c(c1)OCO2)c1ccc(OC(=O)c2ccc(F)cc2)cc1. The summed E-state index contributed by atoms with van der Waals surface area (Å²) in [5.74, 6) is 0.380. The van der Waals surface area contributed by atoms with Gasteiger partial charge in [0.15, 0.2) is 17.3 Å². The number of allylic oxidation sites excluding steroid dienone is 1. The van der Waals surface area contributed by atoms with E-state index < -0.39 is 11.8 Å². The average Bonchev–Trinajstić information content (AvgIpc) is 3.21. The number of fused-ring (bicyclic) bond motifs is 1. The van der Waals surface area contributed by atoms with Gasteiger partial charge in [0.25, 0.3) is 0 Å². The molecule has 0 N–H and O–H groups in total. The van der Waals surface area contributed by atoms with Crippen LogP contribution in [0.15, 0.2) is 72.8 Å². The van der Waals surface area contributed by atoms with Crippen LogP contribution in [0.1, 0.15) is 26.3 Å². The molecule has 1 aliphatic heterocycles. The van der Waals surface area contributed by atoms with E-state index in [0.717, 1.165) is 5.56 Å². The molecule has 6 heteroatoms. The van der Waals surface area contributed by atoms with E-state index in [1.165, 1.54) is 42.5 Å². The van der Waals surface area contributed by atoms with Gasteiger partial charge in [-0.15, -0.1) is 0 Å². The maximum absolute atomic E-state index is 12.9. The van der Waals surface area contributed by atoms with E-state index in [9.17, 15) is 14.0 Å². The highest BCUT2D eigenvalue weighted by atomic mass is 19.1. The first-order valence-corrected chi connectivity index (χ1v) is 8.78. The zero-order chi connectivity index (χ0) is 20.2. The molecule has 1 heterocycles. The fourth-order valence-corrected chi connectivity index (χ4v) is 2.72. The molecule has 29 heavy (non-hydrogen) atoms. The highest BCUT2D eigenvalue weighted by Crippen LogP contribution is 2.32. The summed E-state index contributed by atoms with van der Waals surface area (Å²) < 4.78 is 28.7. The lowest BCUT2D eigenvalue weighted by atomic mass is 10.1. The third kappa shape index (κ3) is 4.32. The molecule has 0 aliphatic carbocycles. The van der Waals surface area contributed by atoms with Crippen molar-refractivity contribution in [2.45, 2.75) is 0 Å². The Bertz CT molecular complexity index is 1090. The number of benzene rings is 3. The normalized spacial score (nSPS) is 12.2. The van der Waals surface area contributed by atoms with Gasteiger partial charge in [0.2, 0.25) is 6.79 Å². The van der Waals surface area contributed by atoms with Crippen molar-refractivity contribution in [3.8, 4) is 17.2 Å². The van der Waals surface area contributed by atoms with Crippen LogP contribution in [-0.2, 0) is 0 Å². The molecule has 0 amide bonds. The van der Waals surface area contributed by atoms with Crippen LogP contribution in [0.2, 0.25) is 0 Å². The Labute approximate surface area is 166 Å². The maximum Gasteiger partial charge on any atom is 0.343 e. The number of hydrogen-bond donors (Lipinski definition) is 0. The molecule has 0 saturated heterocycles. The number of esters is 1. The lowest BCUT2D eigenvalue weighted by molar-refractivity contribution is 0.0734. The standard InChI is InChI=1S/C23H15FO5/c24-18-7-3-17(4-8-18)23(26)29-19-9-5-16(6-10-19)20(25)11-1-15-2-12-21-22(13-15)28-14-27-21/h1-13H,14H2/b11-1-. The van der Waals surface area contributed by atoms with Crippen LogP contribution < -0.4 is 14.2 Å². The van der Waals surface area contributed by atoms with Gasteiger partial charge in [-0.05, 0) is 72.3 Å². The lowest BCUT2D eigenvalue weighted by Crippen LogP contribution is -2.08. The number of rotatable bonds is 5. The molecule has 0 unspecified atom stereocenters. The van der Waals surface area contributed by atoms with Crippen LogP contribution in [0.4, 0.5) is 4.39 Å². The summed E-state index contributed by atoms with van der Waals surface area (Å²) in [5.41, 5.74) is 1.49. The van der Waals surface area contributed by atoms with Gasteiger partial charge < -0.3 is 14.2 Å². The quantitative estimate of drug-likeness (QED) is 0.274. The first kappa shape index (κ1) is 18.4. The van der Waals surface area contributed by atoms with Crippen molar-refractivity contribution >= 4 is 17.8 Å². The average molecular weight is 390 g/mol. The van der Waals surface area contributed by atoms with Crippen LogP contribution in [-0.4, -0.2) is 18.5 Å². The van der Waals surface area contributed by atoms with E-state index in [1.807, 2.05) is 6.07 Å². The molecule has 0 aromatic heterocycles. The maximum atomic E-state index is 12.9. The first-order chi connectivity index (χ1) is 14.1. The van der Waals surface area contributed by atoms with Gasteiger partial charge in [0.05, 0.1) is 5.56 Å². The Balaban J connectivity index is 1.40. The molecule has 144 valence electrons. The number of ketones is 1. The molecule has 1 aliphatic rings. The van der Waals surface area contributed by atoms with Crippen molar-refractivity contribution in [2.24, 2.45) is 0 Å². The van der Waals surface area contributed by atoms with Crippen molar-refractivity contribution in [3.05, 3.63) is 95.3 Å². The topological polar surface area (TPSA) is 61.8 Å². The summed E-state index contributed by atoms with van der Waals surface area (Å²) in [7, 11) is 0. The molecule has 0 radical (unpaired) electrons. The van der Waals surface area contributed by atoms with Gasteiger partial charge in [0, 0.05) is 5.56 Å². The van der Waals surface area contributed by atoms with Crippen LogP contribution >= 0.6 is 0 Å². The second kappa shape index (κ2) is 7.98. The summed E-state index contributed by atoms with van der Waals surface area (Å²) in [6.07, 6.45) is 3.14. The molecule has 3 aromatic carbocycles. The molecule has 4 rings (SSSR count). The van der Waals surface area contributed by atoms with E-state index in [1.54, 1.807) is 30.3 Å². The lowest BCUT2D eigenvalue weighted by Gasteiger charge is -2.05. The summed E-state index contributed by atoms with van der Waals surface area (Å²) in [5, 5.41) is 0. The highest BCUT2D eigenvalue weighted by Gasteiger charge is 2.13.